The fourth-order valence-electron chi connectivity index (χ4n) is 3.84. The minimum absolute atomic E-state index is 0.0262. The van der Waals surface area contributed by atoms with Crippen molar-refractivity contribution in [3.05, 3.63) is 34.7 Å². The number of aliphatic hydroxyl groups is 8. The van der Waals surface area contributed by atoms with Crippen LogP contribution in [0.5, 0.6) is 11.5 Å². The van der Waals surface area contributed by atoms with Gasteiger partial charge in [0.05, 0.1) is 13.2 Å². The molecule has 14 nitrogen and oxygen atoms in total. The average Bonchev–Trinajstić information content (AvgIpc) is 2.84. The Hall–Kier alpha value is -2.37. The fourth-order valence-corrected chi connectivity index (χ4v) is 3.84. The van der Waals surface area contributed by atoms with E-state index < -0.39 is 80.3 Å². The molecule has 0 unspecified atom stereocenters. The topological polar surface area (TPSA) is 229 Å². The zero-order valence-corrected chi connectivity index (χ0v) is 18.0. The molecule has 2 aromatic rings. The molecule has 10 atom stereocenters. The average molecular weight is 502 g/mol. The molecule has 0 bridgehead atoms. The molecular formula is C21H26O14. The van der Waals surface area contributed by atoms with Crippen molar-refractivity contribution >= 4 is 11.0 Å². The summed E-state index contributed by atoms with van der Waals surface area (Å²) < 4.78 is 27.1. The first-order chi connectivity index (χ1) is 16.6. The molecule has 0 spiro atoms. The number of benzene rings is 1. The normalized spacial score (nSPS) is 37.8. The molecule has 0 radical (unpaired) electrons. The van der Waals surface area contributed by atoms with E-state index in [1.807, 2.05) is 0 Å². The molecule has 0 aliphatic carbocycles. The van der Waals surface area contributed by atoms with Gasteiger partial charge in [0.15, 0.2) is 11.5 Å². The molecule has 35 heavy (non-hydrogen) atoms. The van der Waals surface area contributed by atoms with Gasteiger partial charge in [0.2, 0.25) is 12.6 Å². The van der Waals surface area contributed by atoms with Crippen LogP contribution < -0.4 is 15.1 Å². The first kappa shape index (κ1) is 25.7. The van der Waals surface area contributed by atoms with Crippen LogP contribution in [0.3, 0.4) is 0 Å². The lowest BCUT2D eigenvalue weighted by Crippen LogP contribution is -2.60. The maximum absolute atomic E-state index is 11.7. The van der Waals surface area contributed by atoms with Gasteiger partial charge in [0.1, 0.15) is 54.4 Å². The molecule has 4 rings (SSSR count). The van der Waals surface area contributed by atoms with Gasteiger partial charge < -0.3 is 64.2 Å². The van der Waals surface area contributed by atoms with Crippen molar-refractivity contribution < 1.29 is 64.2 Å². The minimum Gasteiger partial charge on any atom is -0.458 e. The number of fused-ring (bicyclic) bond motifs is 1. The zero-order chi connectivity index (χ0) is 25.4. The predicted molar refractivity (Wildman–Crippen MR) is 111 cm³/mol. The third-order valence-corrected chi connectivity index (χ3v) is 5.87. The first-order valence-electron chi connectivity index (χ1n) is 10.7. The number of aliphatic hydroxyl groups excluding tert-OH is 8. The van der Waals surface area contributed by atoms with E-state index in [0.29, 0.717) is 5.39 Å². The predicted octanol–water partition coefficient (Wildman–Crippen LogP) is -3.85. The highest BCUT2D eigenvalue weighted by Gasteiger charge is 2.46. The third kappa shape index (κ3) is 4.99. The lowest BCUT2D eigenvalue weighted by molar-refractivity contribution is -0.282. The summed E-state index contributed by atoms with van der Waals surface area (Å²) in [6, 6.07) is 5.05. The Bertz CT molecular complexity index is 1070. The quantitative estimate of drug-likeness (QED) is 0.177. The van der Waals surface area contributed by atoms with Gasteiger partial charge in [0.25, 0.3) is 0 Å². The van der Waals surface area contributed by atoms with Crippen LogP contribution in [0.4, 0.5) is 0 Å². The number of hydrogen-bond donors (Lipinski definition) is 8. The van der Waals surface area contributed by atoms with Crippen molar-refractivity contribution in [3.63, 3.8) is 0 Å². The SMILES string of the molecule is O=c1ccc2cc(O[C@@H]3O[C@H](CO)[C@@H](O)[C@H](O)[C@H]3O)c(O[C@@H]3O[C@H](CO)[C@@H](O)[C@H](O)[C@H]3O)cc2o1. The lowest BCUT2D eigenvalue weighted by Gasteiger charge is -2.40. The Morgan fingerprint density at radius 1 is 0.686 bits per heavy atom. The lowest BCUT2D eigenvalue weighted by atomic mass is 9.99. The zero-order valence-electron chi connectivity index (χ0n) is 18.0. The van der Waals surface area contributed by atoms with Gasteiger partial charge in [-0.2, -0.15) is 0 Å². The first-order valence-corrected chi connectivity index (χ1v) is 10.7. The van der Waals surface area contributed by atoms with Crippen molar-refractivity contribution in [2.45, 2.75) is 61.4 Å². The van der Waals surface area contributed by atoms with Crippen LogP contribution in [0, 0.1) is 0 Å². The maximum atomic E-state index is 11.7. The Kier molecular flexibility index (Phi) is 7.58. The second kappa shape index (κ2) is 10.3. The van der Waals surface area contributed by atoms with Gasteiger partial charge in [-0.15, -0.1) is 0 Å². The molecule has 2 aliphatic rings. The molecule has 2 fully saturated rings. The fraction of sp³-hybridized carbons (Fsp3) is 0.571. The van der Waals surface area contributed by atoms with Crippen LogP contribution in [0.2, 0.25) is 0 Å². The Labute approximate surface area is 196 Å². The summed E-state index contributed by atoms with van der Waals surface area (Å²) in [5.74, 6) is -0.416. The van der Waals surface area contributed by atoms with E-state index in [-0.39, 0.29) is 17.1 Å². The largest absolute Gasteiger partial charge is 0.458 e. The molecular weight excluding hydrogens is 476 g/mol. The molecule has 194 valence electrons. The van der Waals surface area contributed by atoms with E-state index in [9.17, 15) is 45.6 Å². The second-order valence-electron chi connectivity index (χ2n) is 8.22. The summed E-state index contributed by atoms with van der Waals surface area (Å²) in [4.78, 5) is 11.7. The molecule has 2 saturated heterocycles. The summed E-state index contributed by atoms with van der Waals surface area (Å²) in [6.07, 6.45) is -16.0. The van der Waals surface area contributed by atoms with Crippen molar-refractivity contribution in [3.8, 4) is 11.5 Å². The standard InChI is InChI=1S/C21H26O14/c22-5-11-14(25)16(27)18(29)20(34-11)32-9-3-7-1-2-13(24)31-8(7)4-10(9)33-21-19(30)17(28)15(26)12(6-23)35-21/h1-4,11-12,14-23,25-30H,5-6H2/t11-,12-,14-,15-,16+,17+,18-,19-,20-,21-/m1/s1. The number of rotatable bonds is 6. The van der Waals surface area contributed by atoms with E-state index in [4.69, 9.17) is 23.4 Å². The van der Waals surface area contributed by atoms with Gasteiger partial charge in [0, 0.05) is 17.5 Å². The minimum atomic E-state index is -1.77. The summed E-state index contributed by atoms with van der Waals surface area (Å²) in [7, 11) is 0. The van der Waals surface area contributed by atoms with Crippen LogP contribution in [-0.2, 0) is 9.47 Å². The van der Waals surface area contributed by atoms with E-state index in [2.05, 4.69) is 0 Å². The Balaban J connectivity index is 1.69. The van der Waals surface area contributed by atoms with E-state index >= 15 is 0 Å². The van der Waals surface area contributed by atoms with Crippen LogP contribution in [0.15, 0.2) is 33.5 Å². The Morgan fingerprint density at radius 3 is 1.66 bits per heavy atom. The molecule has 3 heterocycles. The van der Waals surface area contributed by atoms with Gasteiger partial charge in [-0.1, -0.05) is 0 Å². The molecule has 1 aromatic heterocycles. The molecule has 1 aromatic carbocycles. The van der Waals surface area contributed by atoms with Crippen LogP contribution in [0.1, 0.15) is 0 Å². The molecule has 14 heteroatoms. The maximum Gasteiger partial charge on any atom is 0.336 e. The highest BCUT2D eigenvalue weighted by atomic mass is 16.7. The monoisotopic (exact) mass is 502 g/mol. The smallest absolute Gasteiger partial charge is 0.336 e. The molecule has 2 aliphatic heterocycles. The summed E-state index contributed by atoms with van der Waals surface area (Å²) in [5.41, 5.74) is -0.655. The van der Waals surface area contributed by atoms with Crippen molar-refractivity contribution in [2.75, 3.05) is 13.2 Å². The van der Waals surface area contributed by atoms with Gasteiger partial charge >= 0.3 is 5.63 Å². The third-order valence-electron chi connectivity index (χ3n) is 5.87. The van der Waals surface area contributed by atoms with E-state index in [1.165, 1.54) is 18.2 Å². The summed E-state index contributed by atoms with van der Waals surface area (Å²) in [5, 5.41) is 79.8. The second-order valence-corrected chi connectivity index (χ2v) is 8.22. The summed E-state index contributed by atoms with van der Waals surface area (Å²) >= 11 is 0. The number of hydrogen-bond acceptors (Lipinski definition) is 14. The van der Waals surface area contributed by atoms with Crippen molar-refractivity contribution in [1.82, 2.24) is 0 Å². The van der Waals surface area contributed by atoms with E-state index in [0.717, 1.165) is 6.07 Å². The van der Waals surface area contributed by atoms with Gasteiger partial charge in [-0.3, -0.25) is 0 Å². The van der Waals surface area contributed by atoms with E-state index in [1.54, 1.807) is 0 Å². The van der Waals surface area contributed by atoms with Crippen LogP contribution >= 0.6 is 0 Å². The molecule has 0 amide bonds. The molecule has 8 N–H and O–H groups in total. The van der Waals surface area contributed by atoms with Crippen molar-refractivity contribution in [2.24, 2.45) is 0 Å². The van der Waals surface area contributed by atoms with Crippen LogP contribution in [0.25, 0.3) is 11.0 Å². The summed E-state index contributed by atoms with van der Waals surface area (Å²) in [6.45, 7) is -1.40. The molecule has 0 saturated carbocycles. The highest BCUT2D eigenvalue weighted by molar-refractivity contribution is 5.80. The Morgan fingerprint density at radius 2 is 1.17 bits per heavy atom. The van der Waals surface area contributed by atoms with Crippen molar-refractivity contribution in [1.29, 1.82) is 0 Å². The van der Waals surface area contributed by atoms with Crippen LogP contribution in [-0.4, -0.2) is 115 Å². The van der Waals surface area contributed by atoms with Gasteiger partial charge in [-0.25, -0.2) is 4.79 Å². The van der Waals surface area contributed by atoms with Gasteiger partial charge in [-0.05, 0) is 12.1 Å². The number of ether oxygens (including phenoxy) is 4. The highest BCUT2D eigenvalue weighted by Crippen LogP contribution is 2.37.